The predicted molar refractivity (Wildman–Crippen MR) is 67.0 cm³/mol. The third kappa shape index (κ3) is 4.56. The summed E-state index contributed by atoms with van der Waals surface area (Å²) in [4.78, 5) is 0. The molecule has 0 aliphatic heterocycles. The van der Waals surface area contributed by atoms with Crippen molar-refractivity contribution in [1.82, 2.24) is 5.32 Å². The van der Waals surface area contributed by atoms with Gasteiger partial charge in [0.05, 0.1) is 0 Å². The number of hydrogen-bond donors (Lipinski definition) is 3. The third-order valence-corrected chi connectivity index (χ3v) is 3.89. The Bertz CT molecular complexity index is 307. The molecular formula is C12H22F3N3O. The molecule has 0 aromatic rings. The summed E-state index contributed by atoms with van der Waals surface area (Å²) >= 11 is 0. The molecule has 0 amide bonds. The van der Waals surface area contributed by atoms with E-state index in [1.54, 1.807) is 0 Å². The van der Waals surface area contributed by atoms with Gasteiger partial charge in [-0.05, 0) is 18.8 Å². The van der Waals surface area contributed by atoms with E-state index in [1.807, 2.05) is 0 Å². The zero-order chi connectivity index (χ0) is 14.5. The standard InChI is InChI=1S/C12H22F3N3O/c1-2-8-5-3-4-6-10(8)17-7-9(11(16)18-19)12(13,14)15/h8-10,17,19H,2-7H2,1H3,(H2,16,18). The summed E-state index contributed by atoms with van der Waals surface area (Å²) in [5.41, 5.74) is 5.13. The summed E-state index contributed by atoms with van der Waals surface area (Å²) in [5, 5.41) is 13.9. The molecule has 0 saturated heterocycles. The van der Waals surface area contributed by atoms with Crippen LogP contribution < -0.4 is 11.1 Å². The first-order chi connectivity index (χ1) is 8.90. The monoisotopic (exact) mass is 281 g/mol. The smallest absolute Gasteiger partial charge is 0.400 e. The van der Waals surface area contributed by atoms with Gasteiger partial charge in [-0.1, -0.05) is 31.3 Å². The molecule has 1 aliphatic rings. The van der Waals surface area contributed by atoms with Crippen molar-refractivity contribution in [2.75, 3.05) is 6.54 Å². The van der Waals surface area contributed by atoms with Crippen LogP contribution >= 0.6 is 0 Å². The SMILES string of the molecule is CCC1CCCCC1NCC(C(N)=NO)C(F)(F)F. The molecule has 4 N–H and O–H groups in total. The van der Waals surface area contributed by atoms with Gasteiger partial charge in [-0.3, -0.25) is 0 Å². The van der Waals surface area contributed by atoms with E-state index in [4.69, 9.17) is 10.9 Å². The highest BCUT2D eigenvalue weighted by atomic mass is 19.4. The van der Waals surface area contributed by atoms with E-state index in [9.17, 15) is 13.2 Å². The Morgan fingerprint density at radius 3 is 2.58 bits per heavy atom. The average molecular weight is 281 g/mol. The van der Waals surface area contributed by atoms with Gasteiger partial charge >= 0.3 is 6.18 Å². The van der Waals surface area contributed by atoms with E-state index in [-0.39, 0.29) is 12.6 Å². The molecule has 4 nitrogen and oxygen atoms in total. The maximum absolute atomic E-state index is 12.8. The largest absolute Gasteiger partial charge is 0.409 e. The number of alkyl halides is 3. The first kappa shape index (κ1) is 16.1. The van der Waals surface area contributed by atoms with Crippen LogP contribution in [0.15, 0.2) is 5.16 Å². The van der Waals surface area contributed by atoms with E-state index in [2.05, 4.69) is 17.4 Å². The van der Waals surface area contributed by atoms with Gasteiger partial charge in [0.25, 0.3) is 0 Å². The van der Waals surface area contributed by atoms with Crippen LogP contribution in [-0.4, -0.2) is 29.8 Å². The average Bonchev–Trinajstić information content (AvgIpc) is 2.37. The van der Waals surface area contributed by atoms with Gasteiger partial charge in [-0.15, -0.1) is 0 Å². The Morgan fingerprint density at radius 2 is 2.05 bits per heavy atom. The zero-order valence-electron chi connectivity index (χ0n) is 11.1. The van der Waals surface area contributed by atoms with Gasteiger partial charge in [-0.25, -0.2) is 0 Å². The predicted octanol–water partition coefficient (Wildman–Crippen LogP) is 2.47. The van der Waals surface area contributed by atoms with E-state index in [1.165, 1.54) is 0 Å². The minimum atomic E-state index is -4.50. The summed E-state index contributed by atoms with van der Waals surface area (Å²) in [5.74, 6) is -2.31. The molecule has 1 rings (SSSR count). The summed E-state index contributed by atoms with van der Waals surface area (Å²) in [6.07, 6.45) is 0.569. The highest BCUT2D eigenvalue weighted by molar-refractivity contribution is 5.83. The molecule has 1 fully saturated rings. The van der Waals surface area contributed by atoms with Crippen molar-refractivity contribution >= 4 is 5.84 Å². The summed E-state index contributed by atoms with van der Waals surface area (Å²) in [6, 6.07) is 0.0927. The first-order valence-corrected chi connectivity index (χ1v) is 6.67. The van der Waals surface area contributed by atoms with Crippen LogP contribution in [0.4, 0.5) is 13.2 Å². The second kappa shape index (κ2) is 6.98. The fourth-order valence-electron chi connectivity index (χ4n) is 2.69. The van der Waals surface area contributed by atoms with Crippen molar-refractivity contribution in [3.8, 4) is 0 Å². The second-order valence-corrected chi connectivity index (χ2v) is 5.09. The lowest BCUT2D eigenvalue weighted by Crippen LogP contribution is -2.47. The maximum atomic E-state index is 12.8. The highest BCUT2D eigenvalue weighted by Crippen LogP contribution is 2.29. The molecular weight excluding hydrogens is 259 g/mol. The van der Waals surface area contributed by atoms with Gasteiger partial charge in [-0.2, -0.15) is 13.2 Å². The first-order valence-electron chi connectivity index (χ1n) is 6.67. The van der Waals surface area contributed by atoms with Crippen molar-refractivity contribution in [1.29, 1.82) is 0 Å². The summed E-state index contributed by atoms with van der Waals surface area (Å²) in [6.45, 7) is 1.72. The number of nitrogens with zero attached hydrogens (tertiary/aromatic N) is 1. The Kier molecular flexibility index (Phi) is 5.90. The summed E-state index contributed by atoms with van der Waals surface area (Å²) < 4.78 is 38.3. The zero-order valence-corrected chi connectivity index (χ0v) is 11.1. The lowest BCUT2D eigenvalue weighted by molar-refractivity contribution is -0.155. The molecule has 0 aromatic heterocycles. The fraction of sp³-hybridized carbons (Fsp3) is 0.917. The molecule has 0 aromatic carbocycles. The molecule has 0 heterocycles. The summed E-state index contributed by atoms with van der Waals surface area (Å²) in [7, 11) is 0. The van der Waals surface area contributed by atoms with Crippen molar-refractivity contribution in [3.63, 3.8) is 0 Å². The Morgan fingerprint density at radius 1 is 1.42 bits per heavy atom. The number of nitrogens with one attached hydrogen (secondary N) is 1. The van der Waals surface area contributed by atoms with Crippen molar-refractivity contribution in [2.24, 2.45) is 22.7 Å². The molecule has 19 heavy (non-hydrogen) atoms. The third-order valence-electron chi connectivity index (χ3n) is 3.89. The van der Waals surface area contributed by atoms with Crippen molar-refractivity contribution < 1.29 is 18.4 Å². The van der Waals surface area contributed by atoms with E-state index < -0.39 is 17.9 Å². The number of amidine groups is 1. The Labute approximate surface area is 111 Å². The topological polar surface area (TPSA) is 70.6 Å². The molecule has 3 unspecified atom stereocenters. The Hall–Kier alpha value is -0.980. The minimum absolute atomic E-state index is 0.0927. The van der Waals surface area contributed by atoms with E-state index in [0.29, 0.717) is 5.92 Å². The highest BCUT2D eigenvalue weighted by Gasteiger charge is 2.43. The molecule has 0 spiro atoms. The fourth-order valence-corrected chi connectivity index (χ4v) is 2.69. The van der Waals surface area contributed by atoms with Gasteiger partial charge in [0, 0.05) is 12.6 Å². The normalized spacial score (nSPS) is 27.3. The molecule has 0 radical (unpaired) electrons. The van der Waals surface area contributed by atoms with Gasteiger partial charge in [0.2, 0.25) is 0 Å². The number of nitrogens with two attached hydrogens (primary N) is 1. The van der Waals surface area contributed by atoms with Crippen LogP contribution in [0.5, 0.6) is 0 Å². The van der Waals surface area contributed by atoms with Crippen LogP contribution in [0, 0.1) is 11.8 Å². The van der Waals surface area contributed by atoms with Crippen molar-refractivity contribution in [2.45, 2.75) is 51.2 Å². The molecule has 112 valence electrons. The van der Waals surface area contributed by atoms with E-state index in [0.717, 1.165) is 32.1 Å². The number of halogens is 3. The number of hydrogen-bond acceptors (Lipinski definition) is 3. The van der Waals surface area contributed by atoms with E-state index >= 15 is 0 Å². The second-order valence-electron chi connectivity index (χ2n) is 5.09. The van der Waals surface area contributed by atoms with Crippen LogP contribution in [0.2, 0.25) is 0 Å². The molecule has 3 atom stereocenters. The van der Waals surface area contributed by atoms with Crippen LogP contribution in [0.3, 0.4) is 0 Å². The quantitative estimate of drug-likeness (QED) is 0.314. The molecule has 1 saturated carbocycles. The molecule has 7 heteroatoms. The van der Waals surface area contributed by atoms with Crippen LogP contribution in [0.1, 0.15) is 39.0 Å². The maximum Gasteiger partial charge on any atom is 0.400 e. The minimum Gasteiger partial charge on any atom is -0.409 e. The molecule has 1 aliphatic carbocycles. The van der Waals surface area contributed by atoms with Gasteiger partial charge < -0.3 is 16.3 Å². The lowest BCUT2D eigenvalue weighted by atomic mass is 9.82. The lowest BCUT2D eigenvalue weighted by Gasteiger charge is -2.33. The van der Waals surface area contributed by atoms with Crippen LogP contribution in [0.25, 0.3) is 0 Å². The van der Waals surface area contributed by atoms with Gasteiger partial charge in [0.1, 0.15) is 5.92 Å². The van der Waals surface area contributed by atoms with Crippen molar-refractivity contribution in [3.05, 3.63) is 0 Å². The molecule has 0 bridgehead atoms. The van der Waals surface area contributed by atoms with Crippen LogP contribution in [-0.2, 0) is 0 Å². The number of rotatable bonds is 5. The van der Waals surface area contributed by atoms with Gasteiger partial charge in [0.15, 0.2) is 5.84 Å². The number of oxime groups is 1. The Balaban J connectivity index is 2.60.